The molecule has 0 unspecified atom stereocenters. The van der Waals surface area contributed by atoms with E-state index < -0.39 is 5.97 Å². The lowest BCUT2D eigenvalue weighted by Gasteiger charge is -2.14. The van der Waals surface area contributed by atoms with Crippen LogP contribution in [0.3, 0.4) is 0 Å². The predicted octanol–water partition coefficient (Wildman–Crippen LogP) is 6.20. The number of nitrogens with one attached hydrogen (secondary N) is 4. The molecule has 8 aromatic rings. The first-order chi connectivity index (χ1) is 29.0. The molecule has 9 nitrogen and oxygen atoms in total. The monoisotopic (exact) mass is 789 g/mol. The highest BCUT2D eigenvalue weighted by atomic mass is 16.4. The van der Waals surface area contributed by atoms with Crippen molar-refractivity contribution in [3.05, 3.63) is 218 Å². The average Bonchev–Trinajstić information content (AvgIpc) is 4.10. The summed E-state index contributed by atoms with van der Waals surface area (Å²) in [6, 6.07) is 50.2. The lowest BCUT2D eigenvalue weighted by molar-refractivity contribution is 0.0697. The van der Waals surface area contributed by atoms with Crippen LogP contribution in [-0.2, 0) is 0 Å². The van der Waals surface area contributed by atoms with Gasteiger partial charge in [-0.05, 0) is 119 Å². The van der Waals surface area contributed by atoms with Crippen LogP contribution in [0.15, 0.2) is 146 Å². The molecule has 8 bridgehead atoms. The maximum absolute atomic E-state index is 11.9. The van der Waals surface area contributed by atoms with Crippen molar-refractivity contribution in [3.8, 4) is 0 Å². The molecule has 0 saturated carbocycles. The molecule has 0 spiro atoms. The van der Waals surface area contributed by atoms with Crippen LogP contribution in [0.1, 0.15) is 55.4 Å². The average molecular weight is 790 g/mol. The van der Waals surface area contributed by atoms with E-state index in [0.29, 0.717) is 0 Å². The number of carboxylic acid groups (broad SMARTS) is 1. The van der Waals surface area contributed by atoms with Crippen LogP contribution in [0.5, 0.6) is 0 Å². The number of rotatable bonds is 8. The first-order valence-electron chi connectivity index (χ1n) is 20.0. The zero-order valence-corrected chi connectivity index (χ0v) is 34.6. The number of hydrogen-bond acceptors (Lipinski definition) is 4. The zero-order valence-electron chi connectivity index (χ0n) is 34.6. The number of aromatic nitrogens is 4. The normalized spacial score (nSPS) is 12.5. The van der Waals surface area contributed by atoms with E-state index >= 15 is 0 Å². The van der Waals surface area contributed by atoms with Crippen LogP contribution >= 0.6 is 0 Å². The van der Waals surface area contributed by atoms with Crippen LogP contribution in [-0.4, -0.2) is 73.3 Å². The second kappa shape index (κ2) is 15.3. The highest BCUT2D eigenvalue weighted by Gasteiger charge is 2.19. The van der Waals surface area contributed by atoms with Crippen molar-refractivity contribution in [1.29, 1.82) is 0 Å². The van der Waals surface area contributed by atoms with Crippen molar-refractivity contribution < 1.29 is 9.90 Å². The smallest absolute Gasteiger partial charge is 0.335 e. The number of hydrogen-bond donors (Lipinski definition) is 5. The van der Waals surface area contributed by atoms with Crippen molar-refractivity contribution in [2.45, 2.75) is 0 Å². The van der Waals surface area contributed by atoms with Gasteiger partial charge in [-0.25, -0.2) is 4.79 Å². The van der Waals surface area contributed by atoms with Gasteiger partial charge >= 0.3 is 5.97 Å². The molecule has 0 amide bonds. The van der Waals surface area contributed by atoms with E-state index in [-0.39, 0.29) is 5.56 Å². The fourth-order valence-electron chi connectivity index (χ4n) is 8.13. The molecule has 4 aromatic heterocycles. The molecule has 0 aliphatic carbocycles. The molecule has 4 aromatic carbocycles. The Bertz CT molecular complexity index is 3120. The van der Waals surface area contributed by atoms with E-state index in [4.69, 9.17) is 0 Å². The largest absolute Gasteiger partial charge is 0.478 e. The van der Waals surface area contributed by atoms with Crippen molar-refractivity contribution in [1.82, 2.24) is 19.9 Å². The summed E-state index contributed by atoms with van der Waals surface area (Å²) in [6.45, 7) is 0. The standard InChI is InChI=1S/C51H47N7O2/c1-56(2)36-17-11-32(12-18-36)48-41-25-23-39(52-41)47(31-7-9-35(10-8-31)51(59)60)40-24-26-42(53-40)49(33-13-19-37(20-14-33)57(3)4)44-28-30-46(55-44)50(45-29-27-43(48)54-45)34-15-21-38(22-16-34)58(5)6/h7-30,52-55H,1-6H3,(H,59,60). The molecular weight excluding hydrogens is 743 g/mol. The summed E-state index contributed by atoms with van der Waals surface area (Å²) in [6.07, 6.45) is 0. The van der Waals surface area contributed by atoms with Crippen molar-refractivity contribution in [2.24, 2.45) is 0 Å². The van der Waals surface area contributed by atoms with Gasteiger partial charge in [0.2, 0.25) is 0 Å². The Morgan fingerprint density at radius 1 is 0.350 bits per heavy atom. The second-order valence-electron chi connectivity index (χ2n) is 15.8. The van der Waals surface area contributed by atoms with Gasteiger partial charge in [0.1, 0.15) is 0 Å². The fraction of sp³-hybridized carbons (Fsp3) is 0.118. The maximum atomic E-state index is 11.9. The second-order valence-corrected chi connectivity index (χ2v) is 15.8. The molecule has 9 rings (SSSR count). The summed E-state index contributed by atoms with van der Waals surface area (Å²) in [7, 11) is 12.3. The Balaban J connectivity index is 1.39. The van der Waals surface area contributed by atoms with Gasteiger partial charge in [0, 0.05) is 126 Å². The van der Waals surface area contributed by atoms with Crippen LogP contribution in [0.2, 0.25) is 0 Å². The van der Waals surface area contributed by atoms with E-state index in [9.17, 15) is 9.90 Å². The molecule has 0 atom stereocenters. The minimum atomic E-state index is -0.963. The van der Waals surface area contributed by atoms with Crippen molar-refractivity contribution in [3.63, 3.8) is 0 Å². The van der Waals surface area contributed by atoms with Gasteiger partial charge in [-0.3, -0.25) is 0 Å². The molecule has 9 heteroatoms. The van der Waals surface area contributed by atoms with Gasteiger partial charge in [0.25, 0.3) is 0 Å². The number of aromatic amines is 4. The molecule has 1 aliphatic rings. The number of fused-ring (bicyclic) bond motifs is 8. The Morgan fingerprint density at radius 2 is 0.600 bits per heavy atom. The van der Waals surface area contributed by atoms with Crippen LogP contribution in [0.25, 0.3) is 22.3 Å². The summed E-state index contributed by atoms with van der Waals surface area (Å²) < 4.78 is 0. The van der Waals surface area contributed by atoms with Crippen LogP contribution in [0, 0.1) is 0 Å². The molecule has 0 saturated heterocycles. The van der Waals surface area contributed by atoms with E-state index in [0.717, 1.165) is 106 Å². The summed E-state index contributed by atoms with van der Waals surface area (Å²) >= 11 is 0. The molecule has 298 valence electrons. The SMILES string of the molecule is CN(C)c1ccc(C2=c3ccc([nH]3)=C(c3ccc(C(=O)O)cc3)c3ccc([nH]3)C(c3ccc(N(C)C)cc3)=c3ccc([nH]3)=C(c3ccc(N(C)C)cc3)c3ccc2[nH]3)cc1. The fourth-order valence-corrected chi connectivity index (χ4v) is 8.13. The maximum Gasteiger partial charge on any atom is 0.335 e. The highest BCUT2D eigenvalue weighted by Crippen LogP contribution is 2.30. The van der Waals surface area contributed by atoms with Gasteiger partial charge < -0.3 is 39.7 Å². The number of benzene rings is 4. The summed E-state index contributed by atoms with van der Waals surface area (Å²) in [5.41, 5.74) is 15.4. The van der Waals surface area contributed by atoms with Gasteiger partial charge in [0.15, 0.2) is 0 Å². The number of aromatic carboxylic acids is 1. The van der Waals surface area contributed by atoms with E-state index in [1.807, 2.05) is 40.3 Å². The number of H-pyrrole nitrogens is 4. The minimum Gasteiger partial charge on any atom is -0.478 e. The highest BCUT2D eigenvalue weighted by molar-refractivity contribution is 5.89. The molecule has 1 aliphatic heterocycles. The lowest BCUT2D eigenvalue weighted by atomic mass is 10.0. The van der Waals surface area contributed by atoms with Crippen molar-refractivity contribution in [2.75, 3.05) is 57.0 Å². The lowest BCUT2D eigenvalue weighted by Crippen LogP contribution is -2.19. The summed E-state index contributed by atoms with van der Waals surface area (Å²) in [4.78, 5) is 33.6. The zero-order chi connectivity index (χ0) is 41.7. The third-order valence-corrected chi connectivity index (χ3v) is 11.3. The number of nitrogens with zero attached hydrogens (tertiary/aromatic N) is 3. The first kappa shape index (κ1) is 37.9. The van der Waals surface area contributed by atoms with E-state index in [1.54, 1.807) is 12.1 Å². The topological polar surface area (TPSA) is 110 Å². The molecule has 0 radical (unpaired) electrons. The summed E-state index contributed by atoms with van der Waals surface area (Å²) in [5, 5.41) is 13.5. The predicted molar refractivity (Wildman–Crippen MR) is 244 cm³/mol. The molecule has 5 N–H and O–H groups in total. The van der Waals surface area contributed by atoms with Crippen LogP contribution in [0.4, 0.5) is 17.1 Å². The third-order valence-electron chi connectivity index (χ3n) is 11.3. The molecule has 60 heavy (non-hydrogen) atoms. The number of anilines is 3. The quantitative estimate of drug-likeness (QED) is 0.126. The Hall–Kier alpha value is -7.65. The van der Waals surface area contributed by atoms with Gasteiger partial charge in [0.05, 0.1) is 5.56 Å². The number of carbonyl (C=O) groups is 1. The summed E-state index contributed by atoms with van der Waals surface area (Å²) in [5.74, 6) is -0.963. The molecule has 5 heterocycles. The van der Waals surface area contributed by atoms with Gasteiger partial charge in [-0.15, -0.1) is 0 Å². The van der Waals surface area contributed by atoms with Crippen molar-refractivity contribution >= 4 is 45.3 Å². The number of carboxylic acids is 1. The minimum absolute atomic E-state index is 0.232. The van der Waals surface area contributed by atoms with Gasteiger partial charge in [-0.2, -0.15) is 0 Å². The third kappa shape index (κ3) is 7.00. The van der Waals surface area contributed by atoms with Gasteiger partial charge in [-0.1, -0.05) is 48.5 Å². The first-order valence-corrected chi connectivity index (χ1v) is 20.0. The Kier molecular flexibility index (Phi) is 9.64. The van der Waals surface area contributed by atoms with E-state index in [2.05, 4.69) is 170 Å². The van der Waals surface area contributed by atoms with E-state index in [1.165, 1.54) is 0 Å². The Morgan fingerprint density at radius 3 is 0.833 bits per heavy atom. The molecular formula is C51H47N7O2. The molecule has 0 fully saturated rings. The Labute approximate surface area is 348 Å². The van der Waals surface area contributed by atoms with Crippen LogP contribution < -0.4 is 36.1 Å².